The van der Waals surface area contributed by atoms with Crippen molar-refractivity contribution in [3.63, 3.8) is 0 Å². The summed E-state index contributed by atoms with van der Waals surface area (Å²) in [5, 5.41) is 3.87. The summed E-state index contributed by atoms with van der Waals surface area (Å²) in [7, 11) is 0. The van der Waals surface area contributed by atoms with E-state index in [0.717, 1.165) is 25.0 Å². The van der Waals surface area contributed by atoms with Crippen LogP contribution in [0.1, 0.15) is 26.2 Å². The molecule has 0 aliphatic carbocycles. The van der Waals surface area contributed by atoms with Gasteiger partial charge in [-0.15, -0.1) is 0 Å². The van der Waals surface area contributed by atoms with Gasteiger partial charge < -0.3 is 4.84 Å². The lowest BCUT2D eigenvalue weighted by molar-refractivity contribution is 0.0549. The summed E-state index contributed by atoms with van der Waals surface area (Å²) in [6, 6.07) is 0. The molecule has 0 spiro atoms. The maximum atomic E-state index is 4.97. The minimum Gasteiger partial charge on any atom is -0.389 e. The van der Waals surface area contributed by atoms with Gasteiger partial charge >= 0.3 is 0 Å². The van der Waals surface area contributed by atoms with Crippen molar-refractivity contribution < 1.29 is 4.84 Å². The van der Waals surface area contributed by atoms with E-state index in [1.54, 1.807) is 0 Å². The topological polar surface area (TPSA) is 21.6 Å². The maximum Gasteiger partial charge on any atom is 0.143 e. The molecule has 0 aromatic rings. The van der Waals surface area contributed by atoms with Gasteiger partial charge in [0, 0.05) is 6.42 Å². The van der Waals surface area contributed by atoms with Crippen molar-refractivity contribution in [2.45, 2.75) is 31.8 Å². The molecule has 0 saturated carbocycles. The van der Waals surface area contributed by atoms with Crippen LogP contribution in [-0.4, -0.2) is 11.3 Å². The van der Waals surface area contributed by atoms with E-state index >= 15 is 0 Å². The van der Waals surface area contributed by atoms with E-state index in [9.17, 15) is 0 Å². The second-order valence-electron chi connectivity index (χ2n) is 2.86. The van der Waals surface area contributed by atoms with Crippen LogP contribution >= 0.6 is 0 Å². The van der Waals surface area contributed by atoms with Crippen molar-refractivity contribution in [3.05, 3.63) is 13.8 Å². The smallest absolute Gasteiger partial charge is 0.143 e. The van der Waals surface area contributed by atoms with Gasteiger partial charge in [0.05, 0.1) is 5.71 Å². The number of hydrogen-bond donors (Lipinski definition) is 0. The first kappa shape index (κ1) is 7.58. The molecule has 1 aliphatic heterocycles. The molecule has 10 heavy (non-hydrogen) atoms. The Morgan fingerprint density at radius 1 is 1.70 bits per heavy atom. The third kappa shape index (κ3) is 1.72. The molecular weight excluding hydrogens is 126 g/mol. The van der Waals surface area contributed by atoms with E-state index in [2.05, 4.69) is 25.9 Å². The average molecular weight is 139 g/mol. The molecule has 0 fully saturated rings. The molecule has 0 atom stereocenters. The fraction of sp³-hybridized carbons (Fsp3) is 0.625. The van der Waals surface area contributed by atoms with Crippen molar-refractivity contribution in [2.75, 3.05) is 0 Å². The Kier molecular flexibility index (Phi) is 1.97. The number of hydrogen-bond acceptors (Lipinski definition) is 2. The third-order valence-corrected chi connectivity index (χ3v) is 1.43. The zero-order valence-corrected chi connectivity index (χ0v) is 6.39. The Hall–Kier alpha value is -0.530. The molecule has 1 rings (SSSR count). The van der Waals surface area contributed by atoms with Gasteiger partial charge in [-0.1, -0.05) is 18.5 Å². The average Bonchev–Trinajstić information content (AvgIpc) is 2.12. The Bertz CT molecular complexity index is 149. The van der Waals surface area contributed by atoms with Gasteiger partial charge in [-0.25, -0.2) is 0 Å². The van der Waals surface area contributed by atoms with Gasteiger partial charge in [0.2, 0.25) is 0 Å². The van der Waals surface area contributed by atoms with Crippen LogP contribution in [0.3, 0.4) is 0 Å². The van der Waals surface area contributed by atoms with Crippen LogP contribution in [0.4, 0.5) is 0 Å². The summed E-state index contributed by atoms with van der Waals surface area (Å²) >= 11 is 0. The summed E-state index contributed by atoms with van der Waals surface area (Å²) in [5.41, 5.74) is 0.553. The molecule has 1 heterocycles. The van der Waals surface area contributed by atoms with E-state index in [1.807, 2.05) is 0 Å². The van der Waals surface area contributed by atoms with Crippen LogP contribution in [0.25, 0.3) is 0 Å². The second kappa shape index (κ2) is 2.60. The van der Waals surface area contributed by atoms with Crippen LogP contribution in [0, 0.1) is 13.8 Å². The first-order valence-corrected chi connectivity index (χ1v) is 3.59. The lowest BCUT2D eigenvalue weighted by Crippen LogP contribution is -2.19. The minimum absolute atomic E-state index is 0.537. The van der Waals surface area contributed by atoms with Gasteiger partial charge in [0.1, 0.15) is 5.60 Å². The van der Waals surface area contributed by atoms with Gasteiger partial charge in [0.15, 0.2) is 0 Å². The summed E-state index contributed by atoms with van der Waals surface area (Å²) in [5.74, 6) is 0. The van der Waals surface area contributed by atoms with Gasteiger partial charge in [-0.2, -0.15) is 0 Å². The lowest BCUT2D eigenvalue weighted by Gasteiger charge is -2.12. The van der Waals surface area contributed by atoms with Crippen LogP contribution in [0.2, 0.25) is 0 Å². The summed E-state index contributed by atoms with van der Waals surface area (Å²) in [6.07, 6.45) is 2.89. The summed E-state index contributed by atoms with van der Waals surface area (Å²) in [4.78, 5) is 4.97. The SMILES string of the molecule is [CH2]C1([CH2])CC(CCC)=NO1. The molecule has 56 valence electrons. The molecule has 2 heteroatoms. The predicted octanol–water partition coefficient (Wildman–Crippen LogP) is 1.97. The van der Waals surface area contributed by atoms with Crippen molar-refractivity contribution >= 4 is 5.71 Å². The highest BCUT2D eigenvalue weighted by molar-refractivity contribution is 5.86. The number of nitrogens with zero attached hydrogens (tertiary/aromatic N) is 1. The van der Waals surface area contributed by atoms with E-state index in [0.29, 0.717) is 0 Å². The molecule has 0 amide bonds. The molecule has 0 N–H and O–H groups in total. The predicted molar refractivity (Wildman–Crippen MR) is 41.5 cm³/mol. The fourth-order valence-corrected chi connectivity index (χ4v) is 1.02. The lowest BCUT2D eigenvalue weighted by atomic mass is 10.0. The fourth-order valence-electron chi connectivity index (χ4n) is 1.02. The van der Waals surface area contributed by atoms with E-state index in [1.165, 1.54) is 0 Å². The Morgan fingerprint density at radius 3 is 2.80 bits per heavy atom. The normalized spacial score (nSPS) is 22.1. The highest BCUT2D eigenvalue weighted by Crippen LogP contribution is 2.22. The molecule has 0 unspecified atom stereocenters. The van der Waals surface area contributed by atoms with Crippen molar-refractivity contribution in [3.8, 4) is 0 Å². The quantitative estimate of drug-likeness (QED) is 0.573. The van der Waals surface area contributed by atoms with Gasteiger partial charge in [0.25, 0.3) is 0 Å². The molecule has 0 aromatic heterocycles. The van der Waals surface area contributed by atoms with Crippen molar-refractivity contribution in [2.24, 2.45) is 5.16 Å². The second-order valence-corrected chi connectivity index (χ2v) is 2.86. The Balaban J connectivity index is 2.39. The Morgan fingerprint density at radius 2 is 2.40 bits per heavy atom. The van der Waals surface area contributed by atoms with Crippen molar-refractivity contribution in [1.29, 1.82) is 0 Å². The highest BCUT2D eigenvalue weighted by Gasteiger charge is 2.28. The molecular formula is C8H13NO. The maximum absolute atomic E-state index is 4.97. The molecule has 0 aromatic carbocycles. The van der Waals surface area contributed by atoms with Gasteiger partial charge in [-0.05, 0) is 20.3 Å². The number of oxime groups is 1. The Labute approximate surface area is 62.3 Å². The minimum atomic E-state index is -0.537. The van der Waals surface area contributed by atoms with Crippen LogP contribution in [-0.2, 0) is 4.84 Å². The summed E-state index contributed by atoms with van der Waals surface area (Å²) in [6.45, 7) is 9.63. The zero-order valence-electron chi connectivity index (χ0n) is 6.39. The molecule has 2 nitrogen and oxygen atoms in total. The molecule has 0 saturated heterocycles. The third-order valence-electron chi connectivity index (χ3n) is 1.43. The first-order valence-electron chi connectivity index (χ1n) is 3.59. The van der Waals surface area contributed by atoms with E-state index < -0.39 is 5.60 Å². The summed E-state index contributed by atoms with van der Waals surface area (Å²) < 4.78 is 0. The standard InChI is InChI=1S/C8H13NO/c1-4-5-7-6-8(2,3)10-9-7/h2-6H2,1H3. The van der Waals surface area contributed by atoms with E-state index in [4.69, 9.17) is 4.84 Å². The number of rotatable bonds is 2. The monoisotopic (exact) mass is 139 g/mol. The first-order chi connectivity index (χ1) is 4.64. The van der Waals surface area contributed by atoms with Crippen LogP contribution in [0.5, 0.6) is 0 Å². The van der Waals surface area contributed by atoms with E-state index in [-0.39, 0.29) is 0 Å². The van der Waals surface area contributed by atoms with Crippen molar-refractivity contribution in [1.82, 2.24) is 0 Å². The zero-order chi connectivity index (χ0) is 7.61. The van der Waals surface area contributed by atoms with Crippen LogP contribution in [0.15, 0.2) is 5.16 Å². The molecule has 1 aliphatic rings. The molecule has 0 bridgehead atoms. The van der Waals surface area contributed by atoms with Crippen LogP contribution < -0.4 is 0 Å². The molecule has 2 radical (unpaired) electrons. The van der Waals surface area contributed by atoms with Gasteiger partial charge in [-0.3, -0.25) is 0 Å². The largest absolute Gasteiger partial charge is 0.389 e. The highest BCUT2D eigenvalue weighted by atomic mass is 16.7.